The van der Waals surface area contributed by atoms with Crippen LogP contribution in [0.1, 0.15) is 5.56 Å². The Morgan fingerprint density at radius 3 is 3.00 bits per heavy atom. The Morgan fingerprint density at radius 2 is 2.38 bits per heavy atom. The lowest BCUT2D eigenvalue weighted by Crippen LogP contribution is -1.98. The molecule has 0 unspecified atom stereocenters. The highest BCUT2D eigenvalue weighted by molar-refractivity contribution is 8.01. The molecule has 16 heavy (non-hydrogen) atoms. The number of nitrogens with two attached hydrogens (primary N) is 1. The van der Waals surface area contributed by atoms with Crippen LogP contribution in [-0.2, 0) is 6.54 Å². The van der Waals surface area contributed by atoms with E-state index in [1.165, 1.54) is 11.3 Å². The first-order chi connectivity index (χ1) is 7.83. The van der Waals surface area contributed by atoms with Crippen LogP contribution in [0, 0.1) is 0 Å². The van der Waals surface area contributed by atoms with Crippen LogP contribution >= 0.6 is 23.1 Å². The van der Waals surface area contributed by atoms with Crippen molar-refractivity contribution in [2.45, 2.75) is 15.8 Å². The monoisotopic (exact) mass is 253 g/mol. The highest BCUT2D eigenvalue weighted by atomic mass is 32.2. The van der Waals surface area contributed by atoms with E-state index in [1.807, 2.05) is 18.2 Å². The zero-order valence-corrected chi connectivity index (χ0v) is 10.3. The number of hydrogen-bond acceptors (Lipinski definition) is 6. The van der Waals surface area contributed by atoms with Crippen molar-refractivity contribution in [1.82, 2.24) is 10.2 Å². The molecule has 0 saturated heterocycles. The molecule has 1 heterocycles. The first-order valence-electron chi connectivity index (χ1n) is 4.64. The molecule has 2 N–H and O–H groups in total. The van der Waals surface area contributed by atoms with Crippen molar-refractivity contribution in [3.8, 4) is 5.75 Å². The third-order valence-electron chi connectivity index (χ3n) is 2.03. The molecule has 84 valence electrons. The summed E-state index contributed by atoms with van der Waals surface area (Å²) in [6.45, 7) is 0.505. The molecule has 0 bridgehead atoms. The van der Waals surface area contributed by atoms with Crippen molar-refractivity contribution in [2.24, 2.45) is 5.73 Å². The van der Waals surface area contributed by atoms with Crippen LogP contribution in [0.15, 0.2) is 32.9 Å². The lowest BCUT2D eigenvalue weighted by molar-refractivity contribution is 0.413. The first kappa shape index (κ1) is 11.4. The quantitative estimate of drug-likeness (QED) is 0.904. The molecule has 0 aliphatic carbocycles. The van der Waals surface area contributed by atoms with Gasteiger partial charge in [0.05, 0.1) is 7.11 Å². The molecular weight excluding hydrogens is 242 g/mol. The summed E-state index contributed by atoms with van der Waals surface area (Å²) in [6, 6.07) is 5.85. The third-order valence-corrected chi connectivity index (χ3v) is 3.91. The topological polar surface area (TPSA) is 61.0 Å². The molecule has 0 spiro atoms. The number of rotatable bonds is 4. The maximum Gasteiger partial charge on any atom is 0.178 e. The standard InChI is InChI=1S/C10H11N3OS2/c1-14-8-3-2-7(5-11)9(4-8)16-10-13-12-6-15-10/h2-4,6H,5,11H2,1H3. The molecule has 0 aliphatic rings. The predicted molar refractivity (Wildman–Crippen MR) is 64.9 cm³/mol. The Labute approximate surface area is 102 Å². The third kappa shape index (κ3) is 2.52. The number of nitrogens with zero attached hydrogens (tertiary/aromatic N) is 2. The van der Waals surface area contributed by atoms with Crippen LogP contribution in [0.4, 0.5) is 0 Å². The number of benzene rings is 1. The summed E-state index contributed by atoms with van der Waals surface area (Å²) in [7, 11) is 1.65. The second kappa shape index (κ2) is 5.29. The molecule has 1 aromatic carbocycles. The average molecular weight is 253 g/mol. The summed E-state index contributed by atoms with van der Waals surface area (Å²) in [5.74, 6) is 0.823. The van der Waals surface area contributed by atoms with Gasteiger partial charge in [-0.2, -0.15) is 0 Å². The van der Waals surface area contributed by atoms with Crippen LogP contribution in [0.5, 0.6) is 5.75 Å². The number of hydrogen-bond donors (Lipinski definition) is 1. The van der Waals surface area contributed by atoms with Gasteiger partial charge < -0.3 is 10.5 Å². The van der Waals surface area contributed by atoms with Gasteiger partial charge in [-0.3, -0.25) is 0 Å². The summed E-state index contributed by atoms with van der Waals surface area (Å²) in [6.07, 6.45) is 0. The Morgan fingerprint density at radius 1 is 1.50 bits per heavy atom. The number of ether oxygens (including phenoxy) is 1. The van der Waals surface area contributed by atoms with E-state index in [2.05, 4.69) is 10.2 Å². The van der Waals surface area contributed by atoms with E-state index in [1.54, 1.807) is 24.4 Å². The van der Waals surface area contributed by atoms with Gasteiger partial charge in [0.2, 0.25) is 0 Å². The second-order valence-electron chi connectivity index (χ2n) is 2.98. The molecule has 0 atom stereocenters. The number of methoxy groups -OCH3 is 1. The minimum Gasteiger partial charge on any atom is -0.497 e. The highest BCUT2D eigenvalue weighted by Gasteiger charge is 2.07. The van der Waals surface area contributed by atoms with Crippen LogP contribution in [0.2, 0.25) is 0 Å². The van der Waals surface area contributed by atoms with Gasteiger partial charge in [0.25, 0.3) is 0 Å². The van der Waals surface area contributed by atoms with Gasteiger partial charge in [-0.1, -0.05) is 29.2 Å². The Hall–Kier alpha value is -1.11. The molecule has 6 heteroatoms. The fraction of sp³-hybridized carbons (Fsp3) is 0.200. The first-order valence-corrected chi connectivity index (χ1v) is 6.34. The largest absolute Gasteiger partial charge is 0.497 e. The number of aromatic nitrogens is 2. The van der Waals surface area contributed by atoms with E-state index in [0.29, 0.717) is 6.54 Å². The highest BCUT2D eigenvalue weighted by Crippen LogP contribution is 2.33. The van der Waals surface area contributed by atoms with Crippen molar-refractivity contribution in [3.63, 3.8) is 0 Å². The maximum atomic E-state index is 5.68. The Kier molecular flexibility index (Phi) is 3.76. The zero-order valence-electron chi connectivity index (χ0n) is 8.71. The van der Waals surface area contributed by atoms with Gasteiger partial charge in [-0.15, -0.1) is 10.2 Å². The Balaban J connectivity index is 2.30. The lowest BCUT2D eigenvalue weighted by Gasteiger charge is -2.07. The molecule has 2 aromatic rings. The molecule has 0 saturated carbocycles. The van der Waals surface area contributed by atoms with Crippen LogP contribution < -0.4 is 10.5 Å². The van der Waals surface area contributed by atoms with Crippen molar-refractivity contribution < 1.29 is 4.74 Å². The van der Waals surface area contributed by atoms with E-state index >= 15 is 0 Å². The summed E-state index contributed by atoms with van der Waals surface area (Å²) >= 11 is 3.07. The maximum absolute atomic E-state index is 5.68. The van der Waals surface area contributed by atoms with Gasteiger partial charge in [0, 0.05) is 11.4 Å². The fourth-order valence-electron chi connectivity index (χ4n) is 1.23. The van der Waals surface area contributed by atoms with Gasteiger partial charge >= 0.3 is 0 Å². The molecule has 4 nitrogen and oxygen atoms in total. The van der Waals surface area contributed by atoms with Crippen LogP contribution in [-0.4, -0.2) is 17.3 Å². The average Bonchev–Trinajstić information content (AvgIpc) is 2.82. The van der Waals surface area contributed by atoms with Crippen molar-refractivity contribution >= 4 is 23.1 Å². The minimum absolute atomic E-state index is 0.505. The van der Waals surface area contributed by atoms with Crippen molar-refractivity contribution in [2.75, 3.05) is 7.11 Å². The van der Waals surface area contributed by atoms with Crippen LogP contribution in [0.3, 0.4) is 0 Å². The smallest absolute Gasteiger partial charge is 0.178 e. The fourth-order valence-corrected chi connectivity index (χ4v) is 2.83. The Bertz CT molecular complexity index is 459. The van der Waals surface area contributed by atoms with Gasteiger partial charge in [0.15, 0.2) is 4.34 Å². The SMILES string of the molecule is COc1ccc(CN)c(Sc2nncs2)c1. The summed E-state index contributed by atoms with van der Waals surface area (Å²) in [5, 5.41) is 7.79. The molecule has 0 amide bonds. The lowest BCUT2D eigenvalue weighted by atomic mass is 10.2. The minimum atomic E-state index is 0.505. The van der Waals surface area contributed by atoms with Crippen molar-refractivity contribution in [3.05, 3.63) is 29.3 Å². The molecule has 0 fully saturated rings. The van der Waals surface area contributed by atoms with E-state index < -0.39 is 0 Å². The van der Waals surface area contributed by atoms with Gasteiger partial charge in [-0.05, 0) is 17.7 Å². The summed E-state index contributed by atoms with van der Waals surface area (Å²) in [4.78, 5) is 1.07. The van der Waals surface area contributed by atoms with Gasteiger partial charge in [0.1, 0.15) is 11.3 Å². The van der Waals surface area contributed by atoms with E-state index in [0.717, 1.165) is 20.5 Å². The molecule has 2 rings (SSSR count). The van der Waals surface area contributed by atoms with Crippen LogP contribution in [0.25, 0.3) is 0 Å². The summed E-state index contributed by atoms with van der Waals surface area (Å²) < 4.78 is 6.09. The van der Waals surface area contributed by atoms with Crippen molar-refractivity contribution in [1.29, 1.82) is 0 Å². The van der Waals surface area contributed by atoms with E-state index in [-0.39, 0.29) is 0 Å². The molecule has 0 radical (unpaired) electrons. The molecular formula is C10H11N3OS2. The predicted octanol–water partition coefficient (Wildman–Crippen LogP) is 2.16. The molecule has 1 aromatic heterocycles. The van der Waals surface area contributed by atoms with E-state index in [4.69, 9.17) is 10.5 Å². The summed E-state index contributed by atoms with van der Waals surface area (Å²) in [5.41, 5.74) is 8.48. The second-order valence-corrected chi connectivity index (χ2v) is 5.11. The zero-order chi connectivity index (χ0) is 11.4. The van der Waals surface area contributed by atoms with E-state index in [9.17, 15) is 0 Å². The normalized spacial score (nSPS) is 10.4. The molecule has 0 aliphatic heterocycles. The van der Waals surface area contributed by atoms with Gasteiger partial charge in [-0.25, -0.2) is 0 Å².